The number of fused-ring (bicyclic) bond motifs is 1. The van der Waals surface area contributed by atoms with E-state index in [4.69, 9.17) is 0 Å². The second kappa shape index (κ2) is 8.08. The molecular formula is C20H26N2O4. The third kappa shape index (κ3) is 3.59. The maximum absolute atomic E-state index is 12.5. The lowest BCUT2D eigenvalue weighted by atomic mass is 10.0. The fourth-order valence-corrected chi connectivity index (χ4v) is 3.03. The number of hydrogen-bond donors (Lipinski definition) is 2. The van der Waals surface area contributed by atoms with E-state index in [0.29, 0.717) is 37.0 Å². The lowest BCUT2D eigenvalue weighted by Crippen LogP contribution is -2.30. The smallest absolute Gasteiger partial charge is 0.257 e. The van der Waals surface area contributed by atoms with Crippen LogP contribution in [-0.4, -0.2) is 58.0 Å². The third-order valence-electron chi connectivity index (χ3n) is 4.63. The van der Waals surface area contributed by atoms with E-state index >= 15 is 0 Å². The number of phenols is 2. The zero-order valence-electron chi connectivity index (χ0n) is 15.7. The molecule has 0 saturated carbocycles. The van der Waals surface area contributed by atoms with Crippen LogP contribution in [-0.2, 0) is 0 Å². The van der Waals surface area contributed by atoms with E-state index in [1.54, 1.807) is 21.9 Å². The summed E-state index contributed by atoms with van der Waals surface area (Å²) in [5.41, 5.74) is 0.367. The molecule has 0 spiro atoms. The van der Waals surface area contributed by atoms with Crippen molar-refractivity contribution in [2.75, 3.05) is 26.2 Å². The summed E-state index contributed by atoms with van der Waals surface area (Å²) in [7, 11) is 0. The summed E-state index contributed by atoms with van der Waals surface area (Å²) in [6.45, 7) is 9.63. The van der Waals surface area contributed by atoms with Crippen LogP contribution in [0.3, 0.4) is 0 Å². The first kappa shape index (κ1) is 19.6. The topological polar surface area (TPSA) is 81.1 Å². The average Bonchev–Trinajstić information content (AvgIpc) is 2.62. The molecule has 2 amide bonds. The second-order valence-electron chi connectivity index (χ2n) is 6.04. The van der Waals surface area contributed by atoms with Crippen LogP contribution in [0.2, 0.25) is 0 Å². The predicted octanol–water partition coefficient (Wildman–Crippen LogP) is 3.22. The maximum atomic E-state index is 12.5. The van der Waals surface area contributed by atoms with Crippen molar-refractivity contribution < 1.29 is 19.8 Å². The first-order valence-corrected chi connectivity index (χ1v) is 8.96. The summed E-state index contributed by atoms with van der Waals surface area (Å²) in [6, 6.07) is 6.03. The van der Waals surface area contributed by atoms with E-state index < -0.39 is 0 Å². The van der Waals surface area contributed by atoms with Gasteiger partial charge in [0, 0.05) is 26.2 Å². The van der Waals surface area contributed by atoms with Gasteiger partial charge in [-0.3, -0.25) is 9.59 Å². The molecule has 0 atom stereocenters. The second-order valence-corrected chi connectivity index (χ2v) is 6.04. The third-order valence-corrected chi connectivity index (χ3v) is 4.63. The Morgan fingerprint density at radius 2 is 1.00 bits per heavy atom. The molecule has 2 aromatic rings. The SMILES string of the molecule is CCN(CC)C(=O)c1cc2cc(O)c(C(=O)N(CC)CC)cc2cc1O. The summed E-state index contributed by atoms with van der Waals surface area (Å²) in [5.74, 6) is -0.808. The van der Waals surface area contributed by atoms with Crippen molar-refractivity contribution in [3.8, 4) is 11.5 Å². The van der Waals surface area contributed by atoms with E-state index in [0.717, 1.165) is 0 Å². The molecule has 0 bridgehead atoms. The molecule has 0 aliphatic carbocycles. The zero-order valence-corrected chi connectivity index (χ0v) is 15.7. The van der Waals surface area contributed by atoms with Crippen molar-refractivity contribution in [2.45, 2.75) is 27.7 Å². The largest absolute Gasteiger partial charge is 0.507 e. The van der Waals surface area contributed by atoms with Crippen LogP contribution < -0.4 is 0 Å². The number of nitrogens with zero attached hydrogens (tertiary/aromatic N) is 2. The fraction of sp³-hybridized carbons (Fsp3) is 0.400. The van der Waals surface area contributed by atoms with Crippen LogP contribution in [0.1, 0.15) is 48.4 Å². The van der Waals surface area contributed by atoms with Crippen molar-refractivity contribution in [3.05, 3.63) is 35.4 Å². The summed E-state index contributed by atoms with van der Waals surface area (Å²) in [6.07, 6.45) is 0. The zero-order chi connectivity index (χ0) is 19.4. The van der Waals surface area contributed by atoms with Gasteiger partial charge in [0.05, 0.1) is 11.1 Å². The van der Waals surface area contributed by atoms with Crippen LogP contribution in [0.5, 0.6) is 11.5 Å². The molecule has 26 heavy (non-hydrogen) atoms. The molecule has 2 aromatic carbocycles. The van der Waals surface area contributed by atoms with Gasteiger partial charge in [0.2, 0.25) is 0 Å². The lowest BCUT2D eigenvalue weighted by Gasteiger charge is -2.21. The van der Waals surface area contributed by atoms with Gasteiger partial charge in [-0.05, 0) is 62.7 Å². The number of hydrogen-bond acceptors (Lipinski definition) is 4. The Labute approximate surface area is 153 Å². The predicted molar refractivity (Wildman–Crippen MR) is 102 cm³/mol. The van der Waals surface area contributed by atoms with E-state index in [9.17, 15) is 19.8 Å². The molecule has 6 nitrogen and oxygen atoms in total. The molecular weight excluding hydrogens is 332 g/mol. The van der Waals surface area contributed by atoms with E-state index in [-0.39, 0.29) is 34.4 Å². The molecule has 0 saturated heterocycles. The highest BCUT2D eigenvalue weighted by Crippen LogP contribution is 2.31. The minimum atomic E-state index is -0.266. The Bertz CT molecular complexity index is 755. The molecule has 0 heterocycles. The monoisotopic (exact) mass is 358 g/mol. The Kier molecular flexibility index (Phi) is 6.08. The lowest BCUT2D eigenvalue weighted by molar-refractivity contribution is 0.0761. The van der Waals surface area contributed by atoms with Gasteiger partial charge in [-0.15, -0.1) is 0 Å². The standard InChI is InChI=1S/C20H26N2O4/c1-5-21(6-2)19(25)15-9-13-12-18(24)16(10-14(13)11-17(15)23)20(26)22(7-3)8-4/h9-12,23-24H,5-8H2,1-4H3. The summed E-state index contributed by atoms with van der Waals surface area (Å²) in [5, 5.41) is 21.8. The molecule has 0 unspecified atom stereocenters. The van der Waals surface area contributed by atoms with E-state index in [1.165, 1.54) is 12.1 Å². The summed E-state index contributed by atoms with van der Waals surface area (Å²) >= 11 is 0. The fourth-order valence-electron chi connectivity index (χ4n) is 3.03. The number of benzene rings is 2. The maximum Gasteiger partial charge on any atom is 0.257 e. The number of rotatable bonds is 6. The first-order valence-electron chi connectivity index (χ1n) is 8.96. The summed E-state index contributed by atoms with van der Waals surface area (Å²) < 4.78 is 0. The number of aromatic hydroxyl groups is 2. The van der Waals surface area contributed by atoms with Crippen LogP contribution in [0.15, 0.2) is 24.3 Å². The molecule has 6 heteroatoms. The average molecular weight is 358 g/mol. The number of carbonyl (C=O) groups excluding carboxylic acids is 2. The van der Waals surface area contributed by atoms with Crippen LogP contribution in [0, 0.1) is 0 Å². The van der Waals surface area contributed by atoms with Gasteiger partial charge in [-0.2, -0.15) is 0 Å². The molecule has 0 aliphatic heterocycles. The Morgan fingerprint density at radius 3 is 1.27 bits per heavy atom. The molecule has 140 valence electrons. The van der Waals surface area contributed by atoms with Gasteiger partial charge in [-0.25, -0.2) is 0 Å². The van der Waals surface area contributed by atoms with Gasteiger partial charge < -0.3 is 20.0 Å². The van der Waals surface area contributed by atoms with Gasteiger partial charge in [0.25, 0.3) is 11.8 Å². The van der Waals surface area contributed by atoms with Crippen LogP contribution in [0.4, 0.5) is 0 Å². The van der Waals surface area contributed by atoms with Crippen molar-refractivity contribution in [1.82, 2.24) is 9.80 Å². The van der Waals surface area contributed by atoms with Gasteiger partial charge in [-0.1, -0.05) is 0 Å². The Morgan fingerprint density at radius 1 is 0.692 bits per heavy atom. The van der Waals surface area contributed by atoms with Crippen LogP contribution >= 0.6 is 0 Å². The molecule has 2 N–H and O–H groups in total. The first-order chi connectivity index (χ1) is 12.4. The van der Waals surface area contributed by atoms with Crippen molar-refractivity contribution in [3.63, 3.8) is 0 Å². The van der Waals surface area contributed by atoms with Crippen molar-refractivity contribution >= 4 is 22.6 Å². The number of carbonyl (C=O) groups is 2. The van der Waals surface area contributed by atoms with Gasteiger partial charge in [0.15, 0.2) is 0 Å². The summed E-state index contributed by atoms with van der Waals surface area (Å²) in [4.78, 5) is 28.3. The highest BCUT2D eigenvalue weighted by Gasteiger charge is 2.21. The molecule has 0 radical (unpaired) electrons. The van der Waals surface area contributed by atoms with E-state index in [2.05, 4.69) is 0 Å². The Balaban J connectivity index is 2.54. The van der Waals surface area contributed by atoms with Gasteiger partial charge in [0.1, 0.15) is 11.5 Å². The Hall–Kier alpha value is -2.76. The van der Waals surface area contributed by atoms with Crippen molar-refractivity contribution in [2.24, 2.45) is 0 Å². The molecule has 0 aromatic heterocycles. The highest BCUT2D eigenvalue weighted by molar-refractivity contribution is 6.05. The minimum absolute atomic E-state index is 0.138. The van der Waals surface area contributed by atoms with E-state index in [1.807, 2.05) is 27.7 Å². The minimum Gasteiger partial charge on any atom is -0.507 e. The van der Waals surface area contributed by atoms with Crippen LogP contribution in [0.25, 0.3) is 10.8 Å². The van der Waals surface area contributed by atoms with Gasteiger partial charge >= 0.3 is 0 Å². The number of phenolic OH excluding ortho intramolecular Hbond substituents is 2. The van der Waals surface area contributed by atoms with Crippen molar-refractivity contribution in [1.29, 1.82) is 0 Å². The molecule has 0 fully saturated rings. The number of amides is 2. The highest BCUT2D eigenvalue weighted by atomic mass is 16.3. The molecule has 2 rings (SSSR count). The molecule has 0 aliphatic rings. The quantitative estimate of drug-likeness (QED) is 0.831. The normalized spacial score (nSPS) is 10.8.